The van der Waals surface area contributed by atoms with Crippen LogP contribution in [0.4, 0.5) is 0 Å². The monoisotopic (exact) mass is 258 g/mol. The van der Waals surface area contributed by atoms with E-state index in [0.29, 0.717) is 12.2 Å². The minimum absolute atomic E-state index is 0.145. The Morgan fingerprint density at radius 1 is 1.05 bits per heavy atom. The smallest absolute Gasteiger partial charge is 0.203 e. The predicted molar refractivity (Wildman–Crippen MR) is 73.4 cm³/mol. The Labute approximate surface area is 113 Å². The summed E-state index contributed by atoms with van der Waals surface area (Å²) in [5.41, 5.74) is 1.82. The Morgan fingerprint density at radius 3 is 2.05 bits per heavy atom. The van der Waals surface area contributed by atoms with E-state index in [0.717, 1.165) is 11.1 Å². The second kappa shape index (κ2) is 8.02. The summed E-state index contributed by atoms with van der Waals surface area (Å²) in [6.07, 6.45) is 2.99. The van der Waals surface area contributed by atoms with Gasteiger partial charge in [0.15, 0.2) is 6.33 Å². The number of Topliss-reactive ketones (excluding diaryl/α,β-unsaturated/α-hetero) is 1. The van der Waals surface area contributed by atoms with Gasteiger partial charge < -0.3 is 0 Å². The van der Waals surface area contributed by atoms with Crippen molar-refractivity contribution in [3.63, 3.8) is 0 Å². The van der Waals surface area contributed by atoms with E-state index in [-0.39, 0.29) is 5.78 Å². The molecule has 0 aliphatic carbocycles. The highest BCUT2D eigenvalue weighted by molar-refractivity contribution is 5.78. The number of ketones is 1. The zero-order chi connectivity index (χ0) is 14.1. The summed E-state index contributed by atoms with van der Waals surface area (Å²) < 4.78 is 0. The molecule has 0 aliphatic heterocycles. The van der Waals surface area contributed by atoms with Crippen molar-refractivity contribution in [2.45, 2.75) is 33.6 Å². The molecule has 5 nitrogen and oxygen atoms in total. The van der Waals surface area contributed by atoms with Crippen LogP contribution in [0, 0.1) is 0 Å². The number of hydrogen-bond donors (Lipinski definition) is 0. The van der Waals surface area contributed by atoms with Crippen LogP contribution in [0.15, 0.2) is 30.6 Å². The number of rotatable bonds is 3. The summed E-state index contributed by atoms with van der Waals surface area (Å²) in [6, 6.07) is 7.48. The van der Waals surface area contributed by atoms with Crippen LogP contribution >= 0.6 is 0 Å². The fourth-order valence-corrected chi connectivity index (χ4v) is 1.38. The number of benzene rings is 1. The first-order valence-electron chi connectivity index (χ1n) is 6.26. The zero-order valence-corrected chi connectivity index (χ0v) is 11.5. The SMILES string of the molecule is CC(=O)Cc1ccc(-c2nncnn2)cc1.CCC. The van der Waals surface area contributed by atoms with Crippen LogP contribution < -0.4 is 0 Å². The first kappa shape index (κ1) is 14.9. The van der Waals surface area contributed by atoms with Gasteiger partial charge in [0.1, 0.15) is 5.78 Å². The van der Waals surface area contributed by atoms with Gasteiger partial charge >= 0.3 is 0 Å². The average Bonchev–Trinajstić information content (AvgIpc) is 2.41. The molecule has 0 unspecified atom stereocenters. The quantitative estimate of drug-likeness (QED) is 0.846. The van der Waals surface area contributed by atoms with E-state index in [1.165, 1.54) is 12.7 Å². The van der Waals surface area contributed by atoms with E-state index < -0.39 is 0 Å². The van der Waals surface area contributed by atoms with Gasteiger partial charge in [-0.15, -0.1) is 20.4 Å². The molecule has 100 valence electrons. The third kappa shape index (κ3) is 5.33. The Morgan fingerprint density at radius 2 is 1.58 bits per heavy atom. The molecule has 0 amide bonds. The third-order valence-corrected chi connectivity index (χ3v) is 2.07. The molecule has 1 aromatic carbocycles. The largest absolute Gasteiger partial charge is 0.300 e. The summed E-state index contributed by atoms with van der Waals surface area (Å²) in [4.78, 5) is 10.9. The normalized spacial score (nSPS) is 9.42. The Hall–Kier alpha value is -2.17. The van der Waals surface area contributed by atoms with Crippen molar-refractivity contribution in [3.05, 3.63) is 36.2 Å². The maximum atomic E-state index is 10.9. The molecule has 0 atom stereocenters. The van der Waals surface area contributed by atoms with Crippen molar-refractivity contribution < 1.29 is 4.79 Å². The van der Waals surface area contributed by atoms with Crippen molar-refractivity contribution in [3.8, 4) is 11.4 Å². The van der Waals surface area contributed by atoms with Crippen molar-refractivity contribution in [1.82, 2.24) is 20.4 Å². The lowest BCUT2D eigenvalue weighted by molar-refractivity contribution is -0.116. The summed E-state index contributed by atoms with van der Waals surface area (Å²) in [6.45, 7) is 5.82. The molecule has 0 saturated heterocycles. The molecule has 1 heterocycles. The van der Waals surface area contributed by atoms with Gasteiger partial charge in [0.25, 0.3) is 0 Å². The first-order chi connectivity index (χ1) is 9.17. The second-order valence-corrected chi connectivity index (χ2v) is 4.15. The summed E-state index contributed by atoms with van der Waals surface area (Å²) in [5.74, 6) is 0.629. The fraction of sp³-hybridized carbons (Fsp3) is 0.357. The summed E-state index contributed by atoms with van der Waals surface area (Å²) in [7, 11) is 0. The Bertz CT molecular complexity index is 497. The zero-order valence-electron chi connectivity index (χ0n) is 11.5. The highest BCUT2D eigenvalue weighted by Gasteiger charge is 2.02. The fourth-order valence-electron chi connectivity index (χ4n) is 1.38. The molecule has 19 heavy (non-hydrogen) atoms. The van der Waals surface area contributed by atoms with E-state index in [1.807, 2.05) is 24.3 Å². The second-order valence-electron chi connectivity index (χ2n) is 4.15. The van der Waals surface area contributed by atoms with Crippen LogP contribution in [-0.4, -0.2) is 26.2 Å². The number of carbonyl (C=O) groups is 1. The number of carbonyl (C=O) groups excluding carboxylic acids is 1. The highest BCUT2D eigenvalue weighted by atomic mass is 16.1. The number of nitrogens with zero attached hydrogens (tertiary/aromatic N) is 4. The number of aromatic nitrogens is 4. The topological polar surface area (TPSA) is 68.6 Å². The van der Waals surface area contributed by atoms with Gasteiger partial charge in [0, 0.05) is 12.0 Å². The molecular weight excluding hydrogens is 240 g/mol. The van der Waals surface area contributed by atoms with E-state index in [9.17, 15) is 4.79 Å². The summed E-state index contributed by atoms with van der Waals surface area (Å²) >= 11 is 0. The van der Waals surface area contributed by atoms with E-state index in [4.69, 9.17) is 0 Å². The lowest BCUT2D eigenvalue weighted by Gasteiger charge is -2.00. The molecule has 0 aliphatic rings. The van der Waals surface area contributed by atoms with E-state index in [1.54, 1.807) is 6.92 Å². The maximum Gasteiger partial charge on any atom is 0.203 e. The van der Waals surface area contributed by atoms with E-state index >= 15 is 0 Å². The minimum atomic E-state index is 0.145. The van der Waals surface area contributed by atoms with Crippen LogP contribution in [0.5, 0.6) is 0 Å². The maximum absolute atomic E-state index is 10.9. The van der Waals surface area contributed by atoms with Gasteiger partial charge in [-0.3, -0.25) is 4.79 Å². The van der Waals surface area contributed by atoms with Crippen molar-refractivity contribution in [2.75, 3.05) is 0 Å². The van der Waals surface area contributed by atoms with Gasteiger partial charge in [-0.2, -0.15) is 0 Å². The molecule has 0 bridgehead atoms. The van der Waals surface area contributed by atoms with Gasteiger partial charge in [-0.1, -0.05) is 44.5 Å². The Balaban J connectivity index is 0.000000550. The van der Waals surface area contributed by atoms with Crippen LogP contribution in [0.25, 0.3) is 11.4 Å². The van der Waals surface area contributed by atoms with Gasteiger partial charge in [-0.05, 0) is 12.5 Å². The standard InChI is InChI=1S/C11H10N4O.C3H8/c1-8(16)6-9-2-4-10(5-3-9)11-14-12-7-13-15-11;1-3-2/h2-5,7H,6H2,1H3;3H2,1-2H3. The molecule has 0 fully saturated rings. The average molecular weight is 258 g/mol. The molecule has 1 aromatic heterocycles. The minimum Gasteiger partial charge on any atom is -0.300 e. The highest BCUT2D eigenvalue weighted by Crippen LogP contribution is 2.13. The van der Waals surface area contributed by atoms with Crippen molar-refractivity contribution in [2.24, 2.45) is 0 Å². The van der Waals surface area contributed by atoms with Crippen molar-refractivity contribution >= 4 is 5.78 Å². The van der Waals surface area contributed by atoms with Crippen molar-refractivity contribution in [1.29, 1.82) is 0 Å². The van der Waals surface area contributed by atoms with Gasteiger partial charge in [0.05, 0.1) is 0 Å². The Kier molecular flexibility index (Phi) is 6.29. The molecule has 0 spiro atoms. The van der Waals surface area contributed by atoms with Gasteiger partial charge in [0.2, 0.25) is 5.82 Å². The molecule has 5 heteroatoms. The predicted octanol–water partition coefficient (Wildman–Crippen LogP) is 2.48. The van der Waals surface area contributed by atoms with Crippen LogP contribution in [0.2, 0.25) is 0 Å². The third-order valence-electron chi connectivity index (χ3n) is 2.07. The molecular formula is C14H18N4O. The first-order valence-corrected chi connectivity index (χ1v) is 6.26. The molecule has 0 N–H and O–H groups in total. The molecule has 0 radical (unpaired) electrons. The van der Waals surface area contributed by atoms with E-state index in [2.05, 4.69) is 34.2 Å². The lowest BCUT2D eigenvalue weighted by atomic mass is 10.1. The van der Waals surface area contributed by atoms with Crippen LogP contribution in [0.3, 0.4) is 0 Å². The number of hydrogen-bond acceptors (Lipinski definition) is 5. The molecule has 2 rings (SSSR count). The molecule has 2 aromatic rings. The lowest BCUT2D eigenvalue weighted by Crippen LogP contribution is -1.97. The van der Waals surface area contributed by atoms with Crippen LogP contribution in [0.1, 0.15) is 32.8 Å². The summed E-state index contributed by atoms with van der Waals surface area (Å²) in [5, 5.41) is 15.0. The van der Waals surface area contributed by atoms with Crippen LogP contribution in [-0.2, 0) is 11.2 Å². The molecule has 0 saturated carbocycles. The van der Waals surface area contributed by atoms with Gasteiger partial charge in [-0.25, -0.2) is 0 Å².